The van der Waals surface area contributed by atoms with Gasteiger partial charge in [-0.3, -0.25) is 0 Å². The van der Waals surface area contributed by atoms with Crippen molar-refractivity contribution < 1.29 is 28.5 Å². The maximum atomic E-state index is 11.5. The molecule has 1 aliphatic rings. The molecule has 1 rings (SSSR count). The molecule has 0 bridgehead atoms. The Bertz CT molecular complexity index is 362. The van der Waals surface area contributed by atoms with E-state index < -0.39 is 18.5 Å². The number of carbonyl (C=O) groups is 2. The van der Waals surface area contributed by atoms with Crippen LogP contribution in [0.2, 0.25) is 0 Å². The Labute approximate surface area is 122 Å². The molecule has 0 N–H and O–H groups in total. The molecule has 0 amide bonds. The summed E-state index contributed by atoms with van der Waals surface area (Å²) >= 11 is 1.49. The van der Waals surface area contributed by atoms with Gasteiger partial charge in [0.05, 0.1) is 32.0 Å². The van der Waals surface area contributed by atoms with Gasteiger partial charge in [0.15, 0.2) is 12.0 Å². The molecule has 1 unspecified atom stereocenters. The highest BCUT2D eigenvalue weighted by Gasteiger charge is 2.20. The minimum absolute atomic E-state index is 0.0339. The first-order valence-electron chi connectivity index (χ1n) is 6.06. The summed E-state index contributed by atoms with van der Waals surface area (Å²) in [7, 11) is 0. The van der Waals surface area contributed by atoms with Gasteiger partial charge >= 0.3 is 11.9 Å². The van der Waals surface area contributed by atoms with Crippen molar-refractivity contribution >= 4 is 23.7 Å². The van der Waals surface area contributed by atoms with E-state index in [4.69, 9.17) is 18.9 Å². The molecule has 0 aromatic heterocycles. The molecule has 112 valence electrons. The predicted molar refractivity (Wildman–Crippen MR) is 74.3 cm³/mol. The summed E-state index contributed by atoms with van der Waals surface area (Å²) < 4.78 is 20.0. The monoisotopic (exact) mass is 302 g/mol. The standard InChI is InChI=1S/C13H18O6S/c1-3-4-16-7-10(2)13(15)18-8-11(14)19-12-9-17-5-6-20-12/h3,12H,1-2,4-9H2. The zero-order valence-electron chi connectivity index (χ0n) is 11.2. The molecule has 0 aromatic carbocycles. The van der Waals surface area contributed by atoms with E-state index in [1.54, 1.807) is 6.08 Å². The molecule has 0 radical (unpaired) electrons. The lowest BCUT2D eigenvalue weighted by Crippen LogP contribution is -2.28. The van der Waals surface area contributed by atoms with E-state index in [0.717, 1.165) is 5.75 Å². The molecule has 1 heterocycles. The molecule has 1 atom stereocenters. The molecule has 6 nitrogen and oxygen atoms in total. The third-order valence-corrected chi connectivity index (χ3v) is 3.18. The van der Waals surface area contributed by atoms with Crippen LogP contribution in [0.5, 0.6) is 0 Å². The van der Waals surface area contributed by atoms with Crippen molar-refractivity contribution in [1.29, 1.82) is 0 Å². The van der Waals surface area contributed by atoms with Gasteiger partial charge in [0.1, 0.15) is 0 Å². The first kappa shape index (κ1) is 16.7. The van der Waals surface area contributed by atoms with Crippen LogP contribution >= 0.6 is 11.8 Å². The smallest absolute Gasteiger partial charge is 0.345 e. The van der Waals surface area contributed by atoms with Gasteiger partial charge in [-0.2, -0.15) is 0 Å². The SMILES string of the molecule is C=CCOCC(=C)C(=O)OCC(=O)OC1COCCS1. The van der Waals surface area contributed by atoms with Crippen LogP contribution in [0.15, 0.2) is 24.8 Å². The number of hydrogen-bond donors (Lipinski definition) is 0. The Balaban J connectivity index is 2.17. The lowest BCUT2D eigenvalue weighted by molar-refractivity contribution is -0.159. The van der Waals surface area contributed by atoms with Crippen molar-refractivity contribution in [3.8, 4) is 0 Å². The van der Waals surface area contributed by atoms with Crippen molar-refractivity contribution in [2.45, 2.75) is 5.44 Å². The second kappa shape index (κ2) is 9.57. The van der Waals surface area contributed by atoms with E-state index >= 15 is 0 Å². The number of thioether (sulfide) groups is 1. The maximum Gasteiger partial charge on any atom is 0.345 e. The van der Waals surface area contributed by atoms with Crippen molar-refractivity contribution in [2.75, 3.05) is 38.8 Å². The first-order chi connectivity index (χ1) is 9.63. The van der Waals surface area contributed by atoms with Crippen LogP contribution < -0.4 is 0 Å². The molecule has 0 aromatic rings. The maximum absolute atomic E-state index is 11.5. The third-order valence-electron chi connectivity index (χ3n) is 2.17. The van der Waals surface area contributed by atoms with E-state index in [1.165, 1.54) is 11.8 Å². The van der Waals surface area contributed by atoms with Crippen LogP contribution in [0.25, 0.3) is 0 Å². The number of carbonyl (C=O) groups excluding carboxylic acids is 2. The van der Waals surface area contributed by atoms with Crippen LogP contribution in [-0.4, -0.2) is 56.2 Å². The molecule has 7 heteroatoms. The first-order valence-corrected chi connectivity index (χ1v) is 7.10. The van der Waals surface area contributed by atoms with E-state index in [0.29, 0.717) is 19.8 Å². The van der Waals surface area contributed by atoms with Crippen LogP contribution in [0.3, 0.4) is 0 Å². The summed E-state index contributed by atoms with van der Waals surface area (Å²) in [5, 5.41) is 0. The number of hydrogen-bond acceptors (Lipinski definition) is 7. The summed E-state index contributed by atoms with van der Waals surface area (Å²) in [4.78, 5) is 22.9. The highest BCUT2D eigenvalue weighted by atomic mass is 32.2. The van der Waals surface area contributed by atoms with Crippen molar-refractivity contribution in [3.05, 3.63) is 24.8 Å². The minimum atomic E-state index is -0.682. The second-order valence-corrected chi connectivity index (χ2v) is 5.12. The molecule has 1 fully saturated rings. The molecule has 0 spiro atoms. The summed E-state index contributed by atoms with van der Waals surface area (Å²) in [6.07, 6.45) is 1.56. The lowest BCUT2D eigenvalue weighted by atomic mass is 10.3. The molecular formula is C13H18O6S. The summed E-state index contributed by atoms with van der Waals surface area (Å²) in [6.45, 7) is 7.89. The van der Waals surface area contributed by atoms with Gasteiger partial charge in [-0.15, -0.1) is 18.3 Å². The Morgan fingerprint density at radius 3 is 2.85 bits per heavy atom. The molecule has 0 saturated carbocycles. The second-order valence-electron chi connectivity index (χ2n) is 3.85. The lowest BCUT2D eigenvalue weighted by Gasteiger charge is -2.21. The average Bonchev–Trinajstić information content (AvgIpc) is 2.46. The van der Waals surface area contributed by atoms with Crippen molar-refractivity contribution in [3.63, 3.8) is 0 Å². The van der Waals surface area contributed by atoms with Crippen molar-refractivity contribution in [2.24, 2.45) is 0 Å². The topological polar surface area (TPSA) is 71.1 Å². The molecular weight excluding hydrogens is 284 g/mol. The van der Waals surface area contributed by atoms with E-state index in [9.17, 15) is 9.59 Å². The predicted octanol–water partition coefficient (Wildman–Crippen LogP) is 0.921. The highest BCUT2D eigenvalue weighted by molar-refractivity contribution is 7.99. The van der Waals surface area contributed by atoms with Crippen LogP contribution in [0.4, 0.5) is 0 Å². The normalized spacial score (nSPS) is 18.1. The van der Waals surface area contributed by atoms with Gasteiger partial charge in [0.2, 0.25) is 0 Å². The Morgan fingerprint density at radius 1 is 1.40 bits per heavy atom. The number of ether oxygens (including phenoxy) is 4. The molecule has 0 aliphatic carbocycles. The Hall–Kier alpha value is -1.31. The van der Waals surface area contributed by atoms with Gasteiger partial charge in [0.25, 0.3) is 0 Å². The third kappa shape index (κ3) is 6.74. The van der Waals surface area contributed by atoms with Crippen LogP contribution in [0, 0.1) is 0 Å². The summed E-state index contributed by atoms with van der Waals surface area (Å²) in [5.41, 5.74) is -0.205. The summed E-state index contributed by atoms with van der Waals surface area (Å²) in [6, 6.07) is 0. The zero-order valence-corrected chi connectivity index (χ0v) is 12.0. The molecule has 20 heavy (non-hydrogen) atoms. The van der Waals surface area contributed by atoms with Gasteiger partial charge in [-0.05, 0) is 0 Å². The molecule has 1 aliphatic heterocycles. The van der Waals surface area contributed by atoms with E-state index in [-0.39, 0.29) is 17.6 Å². The fourth-order valence-electron chi connectivity index (χ4n) is 1.27. The Morgan fingerprint density at radius 2 is 2.20 bits per heavy atom. The van der Waals surface area contributed by atoms with Crippen molar-refractivity contribution in [1.82, 2.24) is 0 Å². The van der Waals surface area contributed by atoms with Crippen LogP contribution in [0.1, 0.15) is 0 Å². The quantitative estimate of drug-likeness (QED) is 0.286. The zero-order chi connectivity index (χ0) is 14.8. The Kier molecular flexibility index (Phi) is 8.01. The van der Waals surface area contributed by atoms with Gasteiger partial charge < -0.3 is 18.9 Å². The van der Waals surface area contributed by atoms with Gasteiger partial charge in [-0.1, -0.05) is 12.7 Å². The highest BCUT2D eigenvalue weighted by Crippen LogP contribution is 2.17. The number of esters is 2. The van der Waals surface area contributed by atoms with E-state index in [2.05, 4.69) is 13.2 Å². The van der Waals surface area contributed by atoms with Crippen LogP contribution in [-0.2, 0) is 28.5 Å². The average molecular weight is 302 g/mol. The fourth-order valence-corrected chi connectivity index (χ4v) is 2.11. The fraction of sp³-hybridized carbons (Fsp3) is 0.538. The summed E-state index contributed by atoms with van der Waals surface area (Å²) in [5.74, 6) is -0.519. The number of rotatable bonds is 8. The molecule has 1 saturated heterocycles. The largest absolute Gasteiger partial charge is 0.450 e. The van der Waals surface area contributed by atoms with Gasteiger partial charge in [-0.25, -0.2) is 9.59 Å². The minimum Gasteiger partial charge on any atom is -0.450 e. The van der Waals surface area contributed by atoms with E-state index in [1.807, 2.05) is 0 Å². The van der Waals surface area contributed by atoms with Gasteiger partial charge in [0, 0.05) is 5.75 Å².